The maximum Gasteiger partial charge on any atom is 0.243 e. The topological polar surface area (TPSA) is 40.6 Å². The van der Waals surface area contributed by atoms with Gasteiger partial charge < -0.3 is 0 Å². The zero-order chi connectivity index (χ0) is 18.3. The van der Waals surface area contributed by atoms with Gasteiger partial charge in [-0.05, 0) is 67.0 Å². The van der Waals surface area contributed by atoms with E-state index in [1.54, 1.807) is 11.2 Å². The predicted molar refractivity (Wildman–Crippen MR) is 101 cm³/mol. The minimum absolute atomic E-state index is 0.190. The van der Waals surface area contributed by atoms with Crippen LogP contribution in [-0.2, 0) is 23.0 Å². The van der Waals surface area contributed by atoms with Gasteiger partial charge in [0.15, 0.2) is 0 Å². The highest BCUT2D eigenvalue weighted by Crippen LogP contribution is 2.29. The fourth-order valence-corrected chi connectivity index (χ4v) is 6.40. The van der Waals surface area contributed by atoms with Crippen molar-refractivity contribution in [2.75, 3.05) is 19.6 Å². The van der Waals surface area contributed by atoms with Crippen molar-refractivity contribution in [3.8, 4) is 0 Å². The van der Waals surface area contributed by atoms with Crippen molar-refractivity contribution >= 4 is 21.4 Å². The van der Waals surface area contributed by atoms with Gasteiger partial charge in [0.2, 0.25) is 10.0 Å². The van der Waals surface area contributed by atoms with Crippen molar-refractivity contribution < 1.29 is 12.8 Å². The monoisotopic (exact) mass is 394 g/mol. The number of sulfonamides is 1. The largest absolute Gasteiger partial charge is 0.296 e. The average Bonchev–Trinajstić information content (AvgIpc) is 3.11. The third kappa shape index (κ3) is 3.33. The average molecular weight is 395 g/mol. The highest BCUT2D eigenvalue weighted by atomic mass is 32.2. The molecule has 4 nitrogen and oxygen atoms in total. The van der Waals surface area contributed by atoms with Gasteiger partial charge in [-0.3, -0.25) is 4.90 Å². The third-order valence-electron chi connectivity index (χ3n) is 5.54. The fraction of sp³-hybridized carbons (Fsp3) is 0.474. The molecule has 0 amide bonds. The molecule has 140 valence electrons. The number of hydrogen-bond acceptors (Lipinski definition) is 4. The molecule has 1 aromatic heterocycles. The molecule has 0 spiro atoms. The molecule has 7 heteroatoms. The lowest BCUT2D eigenvalue weighted by Crippen LogP contribution is -2.47. The molecule has 0 radical (unpaired) electrons. The van der Waals surface area contributed by atoms with Crippen LogP contribution in [0, 0.1) is 12.7 Å². The second-order valence-electron chi connectivity index (χ2n) is 7.14. The second kappa shape index (κ2) is 7.03. The first kappa shape index (κ1) is 18.1. The lowest BCUT2D eigenvalue weighted by Gasteiger charge is -2.39. The van der Waals surface area contributed by atoms with E-state index < -0.39 is 10.0 Å². The maximum atomic E-state index is 13.5. The number of halogens is 1. The quantitative estimate of drug-likeness (QED) is 0.801. The Labute approximate surface area is 158 Å². The van der Waals surface area contributed by atoms with Gasteiger partial charge in [-0.25, -0.2) is 12.8 Å². The molecule has 3 heterocycles. The summed E-state index contributed by atoms with van der Waals surface area (Å²) in [5.41, 5.74) is 1.79. The third-order valence-corrected chi connectivity index (χ3v) is 8.46. The highest BCUT2D eigenvalue weighted by Gasteiger charge is 2.33. The molecule has 0 aliphatic carbocycles. The molecule has 2 aliphatic rings. The number of rotatable bonds is 3. The van der Waals surface area contributed by atoms with Crippen molar-refractivity contribution in [1.29, 1.82) is 0 Å². The van der Waals surface area contributed by atoms with E-state index in [0.29, 0.717) is 24.7 Å². The van der Waals surface area contributed by atoms with Gasteiger partial charge in [-0.2, -0.15) is 4.31 Å². The van der Waals surface area contributed by atoms with Crippen molar-refractivity contribution in [2.24, 2.45) is 0 Å². The standard InChI is InChI=1S/C19H23FN2O2S2/c1-14-12-17(2-3-18(14)20)26(23,24)22-9-4-16(5-10-22)21-8-6-19-15(13-21)7-11-25-19/h2-3,7,11-12,16H,4-6,8-10,13H2,1H3. The molecule has 0 N–H and O–H groups in total. The number of thiophene rings is 1. The maximum absolute atomic E-state index is 13.5. The van der Waals surface area contributed by atoms with E-state index in [1.165, 1.54) is 28.6 Å². The van der Waals surface area contributed by atoms with Gasteiger partial charge in [0.25, 0.3) is 0 Å². The number of piperidine rings is 1. The Bertz CT molecular complexity index is 902. The number of benzene rings is 1. The van der Waals surface area contributed by atoms with E-state index in [-0.39, 0.29) is 10.7 Å². The number of fused-ring (bicyclic) bond motifs is 1. The van der Waals surface area contributed by atoms with Crippen LogP contribution in [0.3, 0.4) is 0 Å². The lowest BCUT2D eigenvalue weighted by atomic mass is 10.0. The summed E-state index contributed by atoms with van der Waals surface area (Å²) in [5.74, 6) is -0.374. The zero-order valence-electron chi connectivity index (χ0n) is 14.8. The molecule has 1 aromatic carbocycles. The van der Waals surface area contributed by atoms with E-state index in [0.717, 1.165) is 32.4 Å². The van der Waals surface area contributed by atoms with Crippen molar-refractivity contribution in [3.05, 3.63) is 51.5 Å². The molecule has 1 saturated heterocycles. The second-order valence-corrected chi connectivity index (χ2v) is 10.1. The van der Waals surface area contributed by atoms with Crippen molar-refractivity contribution in [3.63, 3.8) is 0 Å². The summed E-state index contributed by atoms with van der Waals surface area (Å²) in [6, 6.07) is 6.68. The molecule has 26 heavy (non-hydrogen) atoms. The smallest absolute Gasteiger partial charge is 0.243 e. The summed E-state index contributed by atoms with van der Waals surface area (Å²) in [6.45, 7) is 4.68. The summed E-state index contributed by atoms with van der Waals surface area (Å²) in [7, 11) is -3.55. The van der Waals surface area contributed by atoms with Gasteiger partial charge in [0.1, 0.15) is 5.82 Å². The Balaban J connectivity index is 1.42. The molecular weight excluding hydrogens is 371 g/mol. The first-order valence-corrected chi connectivity index (χ1v) is 11.3. The van der Waals surface area contributed by atoms with Crippen LogP contribution in [-0.4, -0.2) is 43.3 Å². The Hall–Kier alpha value is -1.28. The van der Waals surface area contributed by atoms with Crippen LogP contribution in [0.5, 0.6) is 0 Å². The van der Waals surface area contributed by atoms with Crippen molar-refractivity contribution in [2.45, 2.75) is 43.7 Å². The first-order valence-electron chi connectivity index (χ1n) is 9.01. The number of hydrogen-bond donors (Lipinski definition) is 0. The molecule has 2 aliphatic heterocycles. The molecule has 0 unspecified atom stereocenters. The zero-order valence-corrected chi connectivity index (χ0v) is 16.5. The molecule has 2 aromatic rings. The number of nitrogens with zero attached hydrogens (tertiary/aromatic N) is 2. The Morgan fingerprint density at radius 1 is 1.15 bits per heavy atom. The fourth-order valence-electron chi connectivity index (χ4n) is 3.96. The summed E-state index contributed by atoms with van der Waals surface area (Å²) in [6.07, 6.45) is 2.79. The van der Waals surface area contributed by atoms with Crippen LogP contribution < -0.4 is 0 Å². The Morgan fingerprint density at radius 3 is 2.65 bits per heavy atom. The Kier molecular flexibility index (Phi) is 4.90. The van der Waals surface area contributed by atoms with E-state index in [1.807, 2.05) is 11.3 Å². The van der Waals surface area contributed by atoms with Crippen molar-refractivity contribution in [1.82, 2.24) is 9.21 Å². The van der Waals surface area contributed by atoms with Crippen LogP contribution in [0.4, 0.5) is 4.39 Å². The van der Waals surface area contributed by atoms with Crippen LogP contribution in [0.1, 0.15) is 28.8 Å². The van der Waals surface area contributed by atoms with Gasteiger partial charge in [0, 0.05) is 37.1 Å². The number of aryl methyl sites for hydroxylation is 1. The van der Waals surface area contributed by atoms with Gasteiger partial charge >= 0.3 is 0 Å². The van der Waals surface area contributed by atoms with Crippen LogP contribution >= 0.6 is 11.3 Å². The predicted octanol–water partition coefficient (Wildman–Crippen LogP) is 3.41. The minimum Gasteiger partial charge on any atom is -0.296 e. The van der Waals surface area contributed by atoms with E-state index in [2.05, 4.69) is 16.3 Å². The normalized spacial score (nSPS) is 20.2. The molecule has 1 fully saturated rings. The van der Waals surface area contributed by atoms with E-state index in [4.69, 9.17) is 0 Å². The van der Waals surface area contributed by atoms with E-state index >= 15 is 0 Å². The van der Waals surface area contributed by atoms with Crippen LogP contribution in [0.25, 0.3) is 0 Å². The summed E-state index contributed by atoms with van der Waals surface area (Å²) in [4.78, 5) is 4.19. The van der Waals surface area contributed by atoms with Gasteiger partial charge in [-0.15, -0.1) is 11.3 Å². The molecule has 0 saturated carbocycles. The summed E-state index contributed by atoms with van der Waals surface area (Å²) >= 11 is 1.84. The summed E-state index contributed by atoms with van der Waals surface area (Å²) < 4.78 is 40.7. The molecule has 4 rings (SSSR count). The van der Waals surface area contributed by atoms with E-state index in [9.17, 15) is 12.8 Å². The SMILES string of the molecule is Cc1cc(S(=O)(=O)N2CCC(N3CCc4sccc4C3)CC2)ccc1F. The Morgan fingerprint density at radius 2 is 1.92 bits per heavy atom. The molecule has 0 bridgehead atoms. The summed E-state index contributed by atoms with van der Waals surface area (Å²) in [5, 5.41) is 2.16. The molecule has 0 atom stereocenters. The minimum atomic E-state index is -3.55. The lowest BCUT2D eigenvalue weighted by molar-refractivity contribution is 0.127. The van der Waals surface area contributed by atoms with Crippen LogP contribution in [0.2, 0.25) is 0 Å². The van der Waals surface area contributed by atoms with Gasteiger partial charge in [0.05, 0.1) is 4.90 Å². The highest BCUT2D eigenvalue weighted by molar-refractivity contribution is 7.89. The first-order chi connectivity index (χ1) is 12.4. The van der Waals surface area contributed by atoms with Gasteiger partial charge in [-0.1, -0.05) is 0 Å². The van der Waals surface area contributed by atoms with Crippen LogP contribution in [0.15, 0.2) is 34.5 Å². The molecular formula is C19H23FN2O2S2.